The largest absolute Gasteiger partial charge is 0.379 e. The topological polar surface area (TPSA) is 82.2 Å². The second-order valence-corrected chi connectivity index (χ2v) is 10.4. The molecule has 2 aliphatic heterocycles. The van der Waals surface area contributed by atoms with Crippen LogP contribution in [-0.4, -0.2) is 87.5 Å². The van der Waals surface area contributed by atoms with E-state index in [0.717, 1.165) is 44.1 Å². The smallest absolute Gasteiger partial charge is 0.238 e. The molecule has 0 aliphatic carbocycles. The Morgan fingerprint density at radius 2 is 1.56 bits per heavy atom. The molecule has 0 bridgehead atoms. The molecule has 8 nitrogen and oxygen atoms in total. The fraction of sp³-hybridized carbons (Fsp3) is 0.400. The number of amides is 1. The van der Waals surface area contributed by atoms with Crippen molar-refractivity contribution in [3.8, 4) is 0 Å². The van der Waals surface area contributed by atoms with Gasteiger partial charge >= 0.3 is 0 Å². The van der Waals surface area contributed by atoms with Crippen molar-refractivity contribution in [3.05, 3.63) is 71.1 Å². The van der Waals surface area contributed by atoms with E-state index in [0.29, 0.717) is 26.2 Å². The quantitative estimate of drug-likeness (QED) is 0.618. The summed E-state index contributed by atoms with van der Waals surface area (Å²) in [5, 5.41) is 4.20. The van der Waals surface area contributed by atoms with Crippen molar-refractivity contribution in [1.82, 2.24) is 14.1 Å². The molecule has 0 spiro atoms. The summed E-state index contributed by atoms with van der Waals surface area (Å²) < 4.78 is 32.1. The van der Waals surface area contributed by atoms with Crippen molar-refractivity contribution in [3.63, 3.8) is 0 Å². The number of morpholine rings is 1. The minimum Gasteiger partial charge on any atom is -0.379 e. The molecule has 0 unspecified atom stereocenters. The number of carbonyl (C=O) groups is 1. The first kappa shape index (κ1) is 24.6. The maximum absolute atomic E-state index is 12.6. The summed E-state index contributed by atoms with van der Waals surface area (Å²) in [4.78, 5) is 16.8. The molecule has 2 aliphatic rings. The lowest BCUT2D eigenvalue weighted by molar-refractivity contribution is -0.117. The van der Waals surface area contributed by atoms with Gasteiger partial charge < -0.3 is 10.1 Å². The van der Waals surface area contributed by atoms with E-state index in [-0.39, 0.29) is 12.5 Å². The van der Waals surface area contributed by atoms with Crippen LogP contribution >= 0.6 is 0 Å². The van der Waals surface area contributed by atoms with Gasteiger partial charge in [-0.15, -0.1) is 0 Å². The van der Waals surface area contributed by atoms with E-state index in [1.165, 1.54) is 15.3 Å². The number of ether oxygens (including phenoxy) is 1. The van der Waals surface area contributed by atoms with Gasteiger partial charge in [0.2, 0.25) is 15.9 Å². The first-order valence-corrected chi connectivity index (χ1v) is 13.1. The molecule has 0 saturated carbocycles. The minimum absolute atomic E-state index is 0.0961. The van der Waals surface area contributed by atoms with Gasteiger partial charge in [-0.05, 0) is 29.3 Å². The number of hydrogen-bond acceptors (Lipinski definition) is 6. The van der Waals surface area contributed by atoms with E-state index in [9.17, 15) is 13.2 Å². The van der Waals surface area contributed by atoms with Gasteiger partial charge in [-0.25, -0.2) is 8.42 Å². The SMILES string of the molecule is O=C(CN1CCN(S(=O)(=O)/C=C/c2ccccc2)CC1)Nc1ccc(CN2CCOCC2)cc1. The molecule has 0 aromatic heterocycles. The Balaban J connectivity index is 1.21. The summed E-state index contributed by atoms with van der Waals surface area (Å²) in [6, 6.07) is 17.3. The zero-order valence-electron chi connectivity index (χ0n) is 19.3. The third-order valence-electron chi connectivity index (χ3n) is 6.04. The molecule has 2 heterocycles. The van der Waals surface area contributed by atoms with Gasteiger partial charge in [-0.1, -0.05) is 42.5 Å². The minimum atomic E-state index is -3.48. The molecule has 0 atom stereocenters. The summed E-state index contributed by atoms with van der Waals surface area (Å²) in [5.74, 6) is -0.0961. The predicted molar refractivity (Wildman–Crippen MR) is 134 cm³/mol. The van der Waals surface area contributed by atoms with Crippen LogP contribution in [0, 0.1) is 0 Å². The molecular formula is C25H32N4O4S. The maximum Gasteiger partial charge on any atom is 0.238 e. The number of piperazine rings is 1. The summed E-state index contributed by atoms with van der Waals surface area (Å²) in [6.45, 7) is 6.32. The van der Waals surface area contributed by atoms with E-state index in [1.54, 1.807) is 6.08 Å². The molecular weight excluding hydrogens is 452 g/mol. The van der Waals surface area contributed by atoms with Crippen molar-refractivity contribution in [2.24, 2.45) is 0 Å². The molecule has 2 fully saturated rings. The second kappa shape index (κ2) is 11.7. The monoisotopic (exact) mass is 484 g/mol. The number of benzene rings is 2. The lowest BCUT2D eigenvalue weighted by Crippen LogP contribution is -2.49. The Morgan fingerprint density at radius 3 is 2.24 bits per heavy atom. The van der Waals surface area contributed by atoms with Gasteiger partial charge in [-0.3, -0.25) is 14.6 Å². The number of anilines is 1. The predicted octanol–water partition coefficient (Wildman–Crippen LogP) is 2.08. The standard InChI is InChI=1S/C25H32N4O4S/c30-25(26-24-8-6-23(7-9-24)20-28-15-17-33-18-16-28)21-27-11-13-29(14-12-27)34(31,32)19-10-22-4-2-1-3-5-22/h1-10,19H,11-18,20-21H2,(H,26,30)/b19-10+. The zero-order valence-corrected chi connectivity index (χ0v) is 20.1. The lowest BCUT2D eigenvalue weighted by Gasteiger charge is -2.32. The second-order valence-electron chi connectivity index (χ2n) is 8.57. The summed E-state index contributed by atoms with van der Waals surface area (Å²) >= 11 is 0. The van der Waals surface area contributed by atoms with Crippen molar-refractivity contribution in [2.75, 3.05) is 64.3 Å². The molecule has 4 rings (SSSR count). The van der Waals surface area contributed by atoms with Crippen molar-refractivity contribution in [1.29, 1.82) is 0 Å². The number of carbonyl (C=O) groups excluding carboxylic acids is 1. The van der Waals surface area contributed by atoms with Crippen molar-refractivity contribution < 1.29 is 17.9 Å². The Hall–Kier alpha value is -2.56. The molecule has 2 aromatic carbocycles. The average Bonchev–Trinajstić information content (AvgIpc) is 2.86. The normalized spacial score (nSPS) is 18.8. The van der Waals surface area contributed by atoms with E-state index >= 15 is 0 Å². The summed E-state index contributed by atoms with van der Waals surface area (Å²) in [7, 11) is -3.48. The van der Waals surface area contributed by atoms with Crippen LogP contribution in [0.4, 0.5) is 5.69 Å². The van der Waals surface area contributed by atoms with E-state index in [4.69, 9.17) is 4.74 Å². The molecule has 182 valence electrons. The number of rotatable bonds is 8. The third kappa shape index (κ3) is 7.22. The van der Waals surface area contributed by atoms with Crippen LogP contribution in [0.1, 0.15) is 11.1 Å². The highest BCUT2D eigenvalue weighted by atomic mass is 32.2. The third-order valence-corrected chi connectivity index (χ3v) is 7.60. The highest BCUT2D eigenvalue weighted by molar-refractivity contribution is 7.92. The van der Waals surface area contributed by atoms with Crippen LogP contribution < -0.4 is 5.32 Å². The fourth-order valence-corrected chi connectivity index (χ4v) is 5.24. The number of nitrogens with zero attached hydrogens (tertiary/aromatic N) is 3. The number of sulfonamides is 1. The van der Waals surface area contributed by atoms with Crippen LogP contribution in [0.15, 0.2) is 60.0 Å². The van der Waals surface area contributed by atoms with Crippen molar-refractivity contribution >= 4 is 27.7 Å². The molecule has 1 amide bonds. The van der Waals surface area contributed by atoms with Crippen LogP contribution in [0.5, 0.6) is 0 Å². The van der Waals surface area contributed by atoms with Gasteiger partial charge in [0.15, 0.2) is 0 Å². The maximum atomic E-state index is 12.6. The summed E-state index contributed by atoms with van der Waals surface area (Å²) in [6.07, 6.45) is 1.61. The van der Waals surface area contributed by atoms with Gasteiger partial charge in [0.1, 0.15) is 0 Å². The first-order chi connectivity index (χ1) is 16.5. The Bertz CT molecular complexity index is 1060. The fourth-order valence-electron chi connectivity index (χ4n) is 4.07. The lowest BCUT2D eigenvalue weighted by atomic mass is 10.2. The van der Waals surface area contributed by atoms with Crippen molar-refractivity contribution in [2.45, 2.75) is 6.54 Å². The van der Waals surface area contributed by atoms with E-state index in [2.05, 4.69) is 10.2 Å². The Kier molecular flexibility index (Phi) is 8.47. The molecule has 2 saturated heterocycles. The van der Waals surface area contributed by atoms with Crippen LogP contribution in [0.2, 0.25) is 0 Å². The number of hydrogen-bond donors (Lipinski definition) is 1. The molecule has 2 aromatic rings. The van der Waals surface area contributed by atoms with E-state index in [1.807, 2.05) is 59.5 Å². The van der Waals surface area contributed by atoms with Crippen LogP contribution in [0.3, 0.4) is 0 Å². The molecule has 34 heavy (non-hydrogen) atoms. The van der Waals surface area contributed by atoms with Gasteiger partial charge in [0.05, 0.1) is 19.8 Å². The molecule has 0 radical (unpaired) electrons. The zero-order chi connectivity index (χ0) is 23.8. The average molecular weight is 485 g/mol. The van der Waals surface area contributed by atoms with E-state index < -0.39 is 10.0 Å². The van der Waals surface area contributed by atoms with Crippen LogP contribution in [0.25, 0.3) is 6.08 Å². The molecule has 1 N–H and O–H groups in total. The Labute approximate surface area is 201 Å². The Morgan fingerprint density at radius 1 is 0.882 bits per heavy atom. The molecule has 9 heteroatoms. The highest BCUT2D eigenvalue weighted by Gasteiger charge is 2.26. The highest BCUT2D eigenvalue weighted by Crippen LogP contribution is 2.14. The van der Waals surface area contributed by atoms with Gasteiger partial charge in [0.25, 0.3) is 0 Å². The van der Waals surface area contributed by atoms with Crippen LogP contribution in [-0.2, 0) is 26.1 Å². The van der Waals surface area contributed by atoms with Gasteiger partial charge in [0, 0.05) is 56.9 Å². The van der Waals surface area contributed by atoms with Gasteiger partial charge in [-0.2, -0.15) is 4.31 Å². The number of nitrogens with one attached hydrogen (secondary N) is 1. The first-order valence-electron chi connectivity index (χ1n) is 11.6. The summed E-state index contributed by atoms with van der Waals surface area (Å²) in [5.41, 5.74) is 2.82.